The highest BCUT2D eigenvalue weighted by molar-refractivity contribution is 5.84. The summed E-state index contributed by atoms with van der Waals surface area (Å²) >= 11 is 0. The molecule has 0 radical (unpaired) electrons. The zero-order valence-electron chi connectivity index (χ0n) is 15.7. The number of nitrogens with two attached hydrogens (primary N) is 1. The number of likely N-dealkylation sites (tertiary alicyclic amines) is 2. The maximum Gasteiger partial charge on any atom is 0.410 e. The molecule has 3 fully saturated rings. The van der Waals surface area contributed by atoms with Gasteiger partial charge in [0.15, 0.2) is 0 Å². The molecule has 2 aliphatic heterocycles. The highest BCUT2D eigenvalue weighted by Gasteiger charge is 2.52. The molecule has 0 aromatic carbocycles. The average Bonchev–Trinajstić information content (AvgIpc) is 3.14. The molecule has 2 heterocycles. The van der Waals surface area contributed by atoms with Gasteiger partial charge in [0.2, 0.25) is 5.91 Å². The normalized spacial score (nSPS) is 35.4. The minimum absolute atomic E-state index is 0.0649. The molecule has 2 N–H and O–H groups in total. The molecule has 25 heavy (non-hydrogen) atoms. The molecule has 7 heteroatoms. The molecule has 0 aromatic rings. The smallest absolute Gasteiger partial charge is 0.410 e. The molecule has 142 valence electrons. The summed E-state index contributed by atoms with van der Waals surface area (Å²) in [5, 5.41) is 0. The molecule has 2 amide bonds. The van der Waals surface area contributed by atoms with E-state index in [0.29, 0.717) is 31.5 Å². The Bertz CT molecular complexity index is 533. The second-order valence-corrected chi connectivity index (χ2v) is 8.66. The van der Waals surface area contributed by atoms with E-state index in [1.165, 1.54) is 0 Å². The fourth-order valence-electron chi connectivity index (χ4n) is 4.72. The lowest BCUT2D eigenvalue weighted by Gasteiger charge is -2.32. The lowest BCUT2D eigenvalue weighted by atomic mass is 9.91. The number of amides is 2. The Morgan fingerprint density at radius 3 is 2.60 bits per heavy atom. The SMILES string of the molecule is COCC1C2CN(C(=O)OC(C)(C)C)CC2CC1N1CCC(N)C1=O. The number of ether oxygens (including phenoxy) is 2. The van der Waals surface area contributed by atoms with Gasteiger partial charge in [0.05, 0.1) is 12.6 Å². The zero-order chi connectivity index (χ0) is 18.4. The number of carbonyl (C=O) groups excluding carboxylic acids is 2. The number of nitrogens with zero attached hydrogens (tertiary/aromatic N) is 2. The number of hydrogen-bond acceptors (Lipinski definition) is 5. The first-order chi connectivity index (χ1) is 11.7. The zero-order valence-corrected chi connectivity index (χ0v) is 15.7. The van der Waals surface area contributed by atoms with Gasteiger partial charge >= 0.3 is 6.09 Å². The molecule has 1 saturated carbocycles. The summed E-state index contributed by atoms with van der Waals surface area (Å²) in [7, 11) is 1.70. The molecule has 0 aromatic heterocycles. The van der Waals surface area contributed by atoms with Crippen molar-refractivity contribution in [2.75, 3.05) is 33.4 Å². The lowest BCUT2D eigenvalue weighted by Crippen LogP contribution is -2.46. The van der Waals surface area contributed by atoms with Gasteiger partial charge in [-0.15, -0.1) is 0 Å². The Labute approximate surface area is 149 Å². The maximum atomic E-state index is 12.4. The third kappa shape index (κ3) is 3.62. The minimum Gasteiger partial charge on any atom is -0.444 e. The monoisotopic (exact) mass is 353 g/mol. The van der Waals surface area contributed by atoms with Gasteiger partial charge in [0, 0.05) is 38.7 Å². The standard InChI is InChI=1S/C18H31N3O4/c1-18(2,3)25-17(23)20-8-11-7-15(13(10-24-4)12(11)9-20)21-6-5-14(19)16(21)22/h11-15H,5-10,19H2,1-4H3. The van der Waals surface area contributed by atoms with Crippen molar-refractivity contribution in [1.82, 2.24) is 9.80 Å². The molecule has 0 spiro atoms. The maximum absolute atomic E-state index is 12.4. The van der Waals surface area contributed by atoms with E-state index >= 15 is 0 Å². The summed E-state index contributed by atoms with van der Waals surface area (Å²) in [5.41, 5.74) is 5.42. The van der Waals surface area contributed by atoms with Crippen molar-refractivity contribution >= 4 is 12.0 Å². The fraction of sp³-hybridized carbons (Fsp3) is 0.889. The van der Waals surface area contributed by atoms with E-state index in [1.54, 1.807) is 7.11 Å². The van der Waals surface area contributed by atoms with Gasteiger partial charge in [-0.05, 0) is 45.4 Å². The second-order valence-electron chi connectivity index (χ2n) is 8.66. The predicted molar refractivity (Wildman–Crippen MR) is 92.9 cm³/mol. The average molecular weight is 353 g/mol. The molecule has 5 atom stereocenters. The van der Waals surface area contributed by atoms with Gasteiger partial charge in [-0.2, -0.15) is 0 Å². The molecule has 0 bridgehead atoms. The van der Waals surface area contributed by atoms with Crippen molar-refractivity contribution in [1.29, 1.82) is 0 Å². The van der Waals surface area contributed by atoms with Crippen molar-refractivity contribution in [3.63, 3.8) is 0 Å². The Morgan fingerprint density at radius 1 is 1.32 bits per heavy atom. The van der Waals surface area contributed by atoms with Crippen LogP contribution in [0.15, 0.2) is 0 Å². The largest absolute Gasteiger partial charge is 0.444 e. The van der Waals surface area contributed by atoms with Crippen LogP contribution in [-0.4, -0.2) is 72.8 Å². The summed E-state index contributed by atoms with van der Waals surface area (Å²) in [6, 6.07) is -0.182. The number of methoxy groups -OCH3 is 1. The van der Waals surface area contributed by atoms with Gasteiger partial charge in [-0.3, -0.25) is 4.79 Å². The van der Waals surface area contributed by atoms with E-state index in [4.69, 9.17) is 15.2 Å². The van der Waals surface area contributed by atoms with Gasteiger partial charge in [0.1, 0.15) is 5.60 Å². The molecular formula is C18H31N3O4. The first kappa shape index (κ1) is 18.5. The van der Waals surface area contributed by atoms with Gasteiger partial charge < -0.3 is 25.0 Å². The van der Waals surface area contributed by atoms with E-state index < -0.39 is 5.60 Å². The minimum atomic E-state index is -0.485. The fourth-order valence-corrected chi connectivity index (χ4v) is 4.72. The Balaban J connectivity index is 1.68. The summed E-state index contributed by atoms with van der Waals surface area (Å²) in [5.74, 6) is 1.05. The first-order valence-electron chi connectivity index (χ1n) is 9.24. The van der Waals surface area contributed by atoms with Crippen molar-refractivity contribution in [3.05, 3.63) is 0 Å². The van der Waals surface area contributed by atoms with E-state index in [9.17, 15) is 9.59 Å². The van der Waals surface area contributed by atoms with Gasteiger partial charge in [0.25, 0.3) is 0 Å². The Kier molecular flexibility index (Phi) is 4.99. The highest BCUT2D eigenvalue weighted by Crippen LogP contribution is 2.45. The lowest BCUT2D eigenvalue weighted by molar-refractivity contribution is -0.132. The van der Waals surface area contributed by atoms with Crippen molar-refractivity contribution in [2.24, 2.45) is 23.5 Å². The topological polar surface area (TPSA) is 85.1 Å². The third-order valence-corrected chi connectivity index (χ3v) is 5.77. The van der Waals surface area contributed by atoms with Crippen LogP contribution in [0.25, 0.3) is 0 Å². The van der Waals surface area contributed by atoms with Gasteiger partial charge in [-0.1, -0.05) is 0 Å². The van der Waals surface area contributed by atoms with Crippen LogP contribution in [0.4, 0.5) is 4.79 Å². The first-order valence-corrected chi connectivity index (χ1v) is 9.24. The molecule has 7 nitrogen and oxygen atoms in total. The van der Waals surface area contributed by atoms with Crippen LogP contribution in [0.5, 0.6) is 0 Å². The summed E-state index contributed by atoms with van der Waals surface area (Å²) in [4.78, 5) is 28.5. The van der Waals surface area contributed by atoms with Crippen LogP contribution in [0.2, 0.25) is 0 Å². The highest BCUT2D eigenvalue weighted by atomic mass is 16.6. The van der Waals surface area contributed by atoms with Crippen LogP contribution >= 0.6 is 0 Å². The quantitative estimate of drug-likeness (QED) is 0.820. The van der Waals surface area contributed by atoms with Crippen LogP contribution < -0.4 is 5.73 Å². The summed E-state index contributed by atoms with van der Waals surface area (Å²) in [6.07, 6.45) is 1.40. The van der Waals surface area contributed by atoms with E-state index in [2.05, 4.69) is 0 Å². The second kappa shape index (κ2) is 6.76. The predicted octanol–water partition coefficient (Wildman–Crippen LogP) is 1.06. The van der Waals surface area contributed by atoms with E-state index in [-0.39, 0.29) is 30.0 Å². The number of rotatable bonds is 3. The number of fused-ring (bicyclic) bond motifs is 1. The molecule has 5 unspecified atom stereocenters. The Morgan fingerprint density at radius 2 is 2.04 bits per heavy atom. The van der Waals surface area contributed by atoms with E-state index in [1.807, 2.05) is 30.6 Å². The van der Waals surface area contributed by atoms with Crippen LogP contribution in [0, 0.1) is 17.8 Å². The van der Waals surface area contributed by atoms with Gasteiger partial charge in [-0.25, -0.2) is 4.79 Å². The Hall–Kier alpha value is -1.34. The van der Waals surface area contributed by atoms with Crippen molar-refractivity contribution in [2.45, 2.75) is 51.3 Å². The number of carbonyl (C=O) groups is 2. The summed E-state index contributed by atoms with van der Waals surface area (Å²) < 4.78 is 11.0. The van der Waals surface area contributed by atoms with Crippen LogP contribution in [0.1, 0.15) is 33.6 Å². The number of hydrogen-bond donors (Lipinski definition) is 1. The van der Waals surface area contributed by atoms with E-state index in [0.717, 1.165) is 19.4 Å². The molecule has 3 aliphatic rings. The molecular weight excluding hydrogens is 322 g/mol. The summed E-state index contributed by atoms with van der Waals surface area (Å²) in [6.45, 7) is 8.37. The van der Waals surface area contributed by atoms with Crippen LogP contribution in [-0.2, 0) is 14.3 Å². The van der Waals surface area contributed by atoms with Crippen molar-refractivity contribution < 1.29 is 19.1 Å². The van der Waals surface area contributed by atoms with Crippen molar-refractivity contribution in [3.8, 4) is 0 Å². The molecule has 1 aliphatic carbocycles. The van der Waals surface area contributed by atoms with Crippen LogP contribution in [0.3, 0.4) is 0 Å². The molecule has 3 rings (SSSR count). The molecule has 2 saturated heterocycles. The third-order valence-electron chi connectivity index (χ3n) is 5.77.